The number of β-amino-alcohol motifs (C(OH)–C–C–N with tert-alkyl or cyclic N) is 1. The summed E-state index contributed by atoms with van der Waals surface area (Å²) < 4.78 is 14.9. The second-order valence-corrected chi connectivity index (χ2v) is 11.5. The van der Waals surface area contributed by atoms with E-state index in [-0.39, 0.29) is 23.8 Å². The number of likely N-dealkylation sites (tertiary alicyclic amines) is 1. The lowest BCUT2D eigenvalue weighted by Crippen LogP contribution is -2.53. The number of piperidine rings is 1. The molecule has 0 saturated carbocycles. The van der Waals surface area contributed by atoms with E-state index in [0.29, 0.717) is 50.3 Å². The van der Waals surface area contributed by atoms with Crippen molar-refractivity contribution in [3.8, 4) is 11.3 Å². The number of aromatic nitrogens is 1. The predicted molar refractivity (Wildman–Crippen MR) is 160 cm³/mol. The summed E-state index contributed by atoms with van der Waals surface area (Å²) in [7, 11) is 1.72. The molecule has 0 atom stereocenters. The fourth-order valence-electron chi connectivity index (χ4n) is 5.17. The third kappa shape index (κ3) is 6.28. The quantitative estimate of drug-likeness (QED) is 0.325. The minimum Gasteiger partial charge on any atom is -0.388 e. The van der Waals surface area contributed by atoms with Gasteiger partial charge in [-0.05, 0) is 37.0 Å². The van der Waals surface area contributed by atoms with Crippen LogP contribution in [0.25, 0.3) is 17.0 Å². The van der Waals surface area contributed by atoms with Gasteiger partial charge >= 0.3 is 0 Å². The Morgan fingerprint density at radius 3 is 2.56 bits per heavy atom. The Balaban J connectivity index is 1.22. The van der Waals surface area contributed by atoms with Crippen molar-refractivity contribution < 1.29 is 14.3 Å². The highest BCUT2D eigenvalue weighted by Crippen LogP contribution is 2.28. The smallest absolute Gasteiger partial charge is 0.279 e. The fraction of sp³-hybridized carbons (Fsp3) is 0.333. The number of nitrogens with two attached hydrogens (primary N) is 1. The van der Waals surface area contributed by atoms with Crippen LogP contribution < -0.4 is 11.1 Å². The maximum atomic E-state index is 14.9. The maximum absolute atomic E-state index is 14.9. The second-order valence-electron chi connectivity index (χ2n) is 10.5. The van der Waals surface area contributed by atoms with Crippen molar-refractivity contribution >= 4 is 35.0 Å². The number of nitrogens with zero attached hydrogens (tertiary/aromatic N) is 4. The molecule has 0 spiro atoms. The molecule has 1 aromatic heterocycles. The van der Waals surface area contributed by atoms with E-state index in [1.807, 2.05) is 42.6 Å². The van der Waals surface area contributed by atoms with E-state index in [1.165, 1.54) is 28.6 Å². The second kappa shape index (κ2) is 12.0. The minimum absolute atomic E-state index is 0.0367. The highest BCUT2D eigenvalue weighted by atomic mass is 32.1. The lowest BCUT2D eigenvalue weighted by molar-refractivity contribution is -0.124. The summed E-state index contributed by atoms with van der Waals surface area (Å²) in [5.74, 6) is -0.794. The monoisotopic (exact) mass is 575 g/mol. The Kier molecular flexibility index (Phi) is 8.41. The molecular weight excluding hydrogens is 541 g/mol. The molecule has 2 aliphatic heterocycles. The van der Waals surface area contributed by atoms with Gasteiger partial charge in [0.25, 0.3) is 5.91 Å². The van der Waals surface area contributed by atoms with Gasteiger partial charge in [0.15, 0.2) is 0 Å². The minimum atomic E-state index is -1.13. The molecule has 0 radical (unpaired) electrons. The average molecular weight is 576 g/mol. The first-order chi connectivity index (χ1) is 19.7. The van der Waals surface area contributed by atoms with Crippen LogP contribution in [0.3, 0.4) is 0 Å². The molecule has 2 aliphatic rings. The third-order valence-electron chi connectivity index (χ3n) is 7.62. The van der Waals surface area contributed by atoms with Crippen molar-refractivity contribution in [2.24, 2.45) is 10.7 Å². The van der Waals surface area contributed by atoms with Crippen LogP contribution in [-0.2, 0) is 17.9 Å². The number of rotatable bonds is 8. The summed E-state index contributed by atoms with van der Waals surface area (Å²) in [6.45, 7) is 3.91. The van der Waals surface area contributed by atoms with Crippen molar-refractivity contribution in [1.29, 1.82) is 5.41 Å². The van der Waals surface area contributed by atoms with Crippen LogP contribution >= 0.6 is 11.3 Å². The van der Waals surface area contributed by atoms with Crippen LogP contribution in [0.5, 0.6) is 0 Å². The van der Waals surface area contributed by atoms with Gasteiger partial charge in [-0.15, -0.1) is 11.3 Å². The molecule has 0 unspecified atom stereocenters. The molecule has 1 fully saturated rings. The van der Waals surface area contributed by atoms with E-state index in [4.69, 9.17) is 11.1 Å². The number of aliphatic imine (C=N–C) groups is 1. The number of carbonyl (C=O) groups is 1. The van der Waals surface area contributed by atoms with E-state index in [1.54, 1.807) is 13.1 Å². The number of amides is 1. The number of aliphatic hydroxyl groups is 1. The van der Waals surface area contributed by atoms with Crippen molar-refractivity contribution in [2.75, 3.05) is 26.7 Å². The Labute approximate surface area is 242 Å². The predicted octanol–water partition coefficient (Wildman–Crippen LogP) is 3.52. The molecule has 11 heteroatoms. The van der Waals surface area contributed by atoms with Crippen LogP contribution in [0.2, 0.25) is 0 Å². The van der Waals surface area contributed by atoms with Crippen LogP contribution in [0.15, 0.2) is 58.5 Å². The van der Waals surface area contributed by atoms with Gasteiger partial charge in [0.2, 0.25) is 0 Å². The molecule has 214 valence electrons. The van der Waals surface area contributed by atoms with Crippen LogP contribution in [-0.4, -0.2) is 70.1 Å². The number of thiazole rings is 1. The molecule has 41 heavy (non-hydrogen) atoms. The fourth-order valence-corrected chi connectivity index (χ4v) is 5.79. The Morgan fingerprint density at radius 1 is 1.22 bits per heavy atom. The van der Waals surface area contributed by atoms with Crippen LogP contribution in [0.4, 0.5) is 4.39 Å². The van der Waals surface area contributed by atoms with E-state index >= 15 is 0 Å². The highest BCUT2D eigenvalue weighted by Gasteiger charge is 2.38. The van der Waals surface area contributed by atoms with Gasteiger partial charge in [-0.25, -0.2) is 14.4 Å². The van der Waals surface area contributed by atoms with E-state index < -0.39 is 11.5 Å². The van der Waals surface area contributed by atoms with Gasteiger partial charge in [0.1, 0.15) is 17.2 Å². The zero-order valence-corrected chi connectivity index (χ0v) is 24.0. The maximum Gasteiger partial charge on any atom is 0.279 e. The number of carbonyl (C=O) groups excluding carboxylic acids is 1. The Bertz CT molecular complexity index is 1510. The number of nitrogens with one attached hydrogen (secondary N) is 2. The molecule has 1 saturated heterocycles. The number of hydrogen-bond donors (Lipinski definition) is 4. The van der Waals surface area contributed by atoms with Gasteiger partial charge in [-0.1, -0.05) is 36.4 Å². The molecule has 3 aromatic rings. The first-order valence-electron chi connectivity index (χ1n) is 13.5. The number of benzene rings is 2. The molecule has 5 rings (SSSR count). The number of aryl methyl sites for hydroxylation is 1. The zero-order valence-electron chi connectivity index (χ0n) is 23.2. The SMILES string of the molecule is CN/C(=C1/N=CN(CC2(O)CCN(Cc3ccc(-c4csc(C)n4)cc3F)CC2)C(=O)C1=N)c1ccc(CN)cc1. The van der Waals surface area contributed by atoms with Crippen molar-refractivity contribution in [2.45, 2.75) is 38.5 Å². The van der Waals surface area contributed by atoms with Gasteiger partial charge < -0.3 is 16.2 Å². The van der Waals surface area contributed by atoms with Gasteiger partial charge in [-0.2, -0.15) is 0 Å². The van der Waals surface area contributed by atoms with Gasteiger partial charge in [-0.3, -0.25) is 20.0 Å². The Morgan fingerprint density at radius 2 is 1.95 bits per heavy atom. The molecule has 0 bridgehead atoms. The summed E-state index contributed by atoms with van der Waals surface area (Å²) in [5, 5.41) is 25.8. The van der Waals surface area contributed by atoms with Crippen molar-refractivity contribution in [3.63, 3.8) is 0 Å². The lowest BCUT2D eigenvalue weighted by Gasteiger charge is -2.40. The van der Waals surface area contributed by atoms with Gasteiger partial charge in [0, 0.05) is 49.7 Å². The van der Waals surface area contributed by atoms with E-state index in [0.717, 1.165) is 27.4 Å². The third-order valence-corrected chi connectivity index (χ3v) is 8.39. The molecule has 9 nitrogen and oxygen atoms in total. The van der Waals surface area contributed by atoms with Crippen LogP contribution in [0, 0.1) is 18.2 Å². The normalized spacial score (nSPS) is 18.6. The van der Waals surface area contributed by atoms with Gasteiger partial charge in [0.05, 0.1) is 34.9 Å². The van der Waals surface area contributed by atoms with Crippen LogP contribution in [0.1, 0.15) is 34.5 Å². The number of halogens is 1. The molecule has 2 aromatic carbocycles. The van der Waals surface area contributed by atoms with Crippen molar-refractivity contribution in [3.05, 3.63) is 81.1 Å². The largest absolute Gasteiger partial charge is 0.388 e. The zero-order chi connectivity index (χ0) is 29.1. The molecular formula is C30H34FN7O2S. The Hall–Kier alpha value is -3.77. The summed E-state index contributed by atoms with van der Waals surface area (Å²) >= 11 is 1.53. The summed E-state index contributed by atoms with van der Waals surface area (Å²) in [5.41, 5.74) is 9.02. The molecule has 1 amide bonds. The van der Waals surface area contributed by atoms with Crippen molar-refractivity contribution in [1.82, 2.24) is 20.1 Å². The standard InChI is InChI=1S/C30H34FN7O2S/c1-19-36-25(16-41-19)22-7-8-23(24(31)13-22)15-37-11-9-30(40,10-12-37)17-38-18-35-28(26(33)29(38)39)27(34-2)21-5-3-20(14-32)4-6-21/h3-8,13,16,18,33-34,40H,9-12,14-15,17,32H2,1-2H3/b28-27+,33-26?. The first kappa shape index (κ1) is 28.7. The number of hydrogen-bond acceptors (Lipinski definition) is 9. The van der Waals surface area contributed by atoms with E-state index in [2.05, 4.69) is 20.2 Å². The molecule has 3 heterocycles. The summed E-state index contributed by atoms with van der Waals surface area (Å²) in [6, 6.07) is 12.8. The lowest BCUT2D eigenvalue weighted by atomic mass is 9.90. The van der Waals surface area contributed by atoms with E-state index in [9.17, 15) is 14.3 Å². The first-order valence-corrected chi connectivity index (χ1v) is 14.4. The topological polar surface area (TPSA) is 131 Å². The summed E-state index contributed by atoms with van der Waals surface area (Å²) in [4.78, 5) is 25.4. The average Bonchev–Trinajstić information content (AvgIpc) is 3.41. The molecule has 0 aliphatic carbocycles. The molecule has 5 N–H and O–H groups in total. The highest BCUT2D eigenvalue weighted by molar-refractivity contribution is 7.09. The summed E-state index contributed by atoms with van der Waals surface area (Å²) in [6.07, 6.45) is 2.22.